The number of hydrogen-bond donors (Lipinski definition) is 10. The van der Waals surface area contributed by atoms with E-state index in [4.69, 9.17) is 4.74 Å². The molecule has 0 aliphatic carbocycles. The highest BCUT2D eigenvalue weighted by molar-refractivity contribution is 7.98. The number of rotatable bonds is 6. The van der Waals surface area contributed by atoms with Gasteiger partial charge in [-0.3, -0.25) is 43.2 Å². The maximum Gasteiger partial charge on any atom is 0.246 e. The lowest BCUT2D eigenvalue weighted by molar-refractivity contribution is -0.147. The van der Waals surface area contributed by atoms with Crippen molar-refractivity contribution in [3.8, 4) is 5.75 Å². The minimum Gasteiger partial charge on any atom is -0.497 e. The molecule has 3 aromatic carbocycles. The molecule has 4 bridgehead atoms. The second-order valence-corrected chi connectivity index (χ2v) is 25.3. The van der Waals surface area contributed by atoms with Crippen LogP contribution in [0, 0.1) is 5.82 Å². The molecule has 2 saturated heterocycles. The molecule has 21 nitrogen and oxygen atoms in total. The zero-order valence-corrected chi connectivity index (χ0v) is 52.0. The highest BCUT2D eigenvalue weighted by Gasteiger charge is 2.48. The van der Waals surface area contributed by atoms with E-state index in [9.17, 15) is 52.6 Å². The van der Waals surface area contributed by atoms with Gasteiger partial charge in [0.15, 0.2) is 0 Å². The number of halogens is 1. The van der Waals surface area contributed by atoms with Gasteiger partial charge in [-0.1, -0.05) is 81.3 Å². The van der Waals surface area contributed by atoms with Gasteiger partial charge in [-0.25, -0.2) is 4.39 Å². The number of thioether (sulfide) groups is 2. The Balaban J connectivity index is 1.19. The Bertz CT molecular complexity index is 3060. The first kappa shape index (κ1) is 67.3. The van der Waals surface area contributed by atoms with E-state index in [-0.39, 0.29) is 50.5 Å². The van der Waals surface area contributed by atoms with Gasteiger partial charge in [0.25, 0.3) is 0 Å². The largest absolute Gasteiger partial charge is 0.497 e. The van der Waals surface area contributed by atoms with Crippen LogP contribution < -0.4 is 47.3 Å². The Morgan fingerprint density at radius 2 is 1.28 bits per heavy atom. The summed E-state index contributed by atoms with van der Waals surface area (Å²) in [5.41, 5.74) is 2.50. The summed E-state index contributed by atoms with van der Waals surface area (Å²) in [5.74, 6) is -3.52. The number of hydrogen-bond acceptors (Lipinski definition) is 13. The summed E-state index contributed by atoms with van der Waals surface area (Å²) in [6.07, 6.45) is 5.76. The molecular formula is C63H85FN10O11S2. The van der Waals surface area contributed by atoms with Gasteiger partial charge in [0.1, 0.15) is 59.4 Å². The number of aromatic amines is 1. The van der Waals surface area contributed by atoms with Gasteiger partial charge in [0.2, 0.25) is 53.2 Å². The van der Waals surface area contributed by atoms with Crippen molar-refractivity contribution in [1.82, 2.24) is 52.4 Å². The number of aromatic nitrogens is 1. The van der Waals surface area contributed by atoms with Crippen molar-refractivity contribution in [3.63, 3.8) is 0 Å². The predicted molar refractivity (Wildman–Crippen MR) is 333 cm³/mol. The Hall–Kier alpha value is -7.18. The molecule has 24 heteroatoms. The Labute approximate surface area is 516 Å². The third kappa shape index (κ3) is 19.4. The molecule has 4 heterocycles. The molecule has 472 valence electrons. The summed E-state index contributed by atoms with van der Waals surface area (Å²) in [7, 11) is 1.52. The van der Waals surface area contributed by atoms with Crippen LogP contribution in [-0.4, -0.2) is 154 Å². The van der Waals surface area contributed by atoms with Crippen LogP contribution in [0.1, 0.15) is 127 Å². The Kier molecular flexibility index (Phi) is 25.3. The fourth-order valence-corrected chi connectivity index (χ4v) is 12.8. The molecule has 2 fully saturated rings. The van der Waals surface area contributed by atoms with Crippen LogP contribution in [-0.2, 0) is 67.5 Å². The summed E-state index contributed by atoms with van der Waals surface area (Å²) >= 11 is 3.20. The van der Waals surface area contributed by atoms with E-state index in [1.807, 2.05) is 18.2 Å². The van der Waals surface area contributed by atoms with E-state index in [0.29, 0.717) is 95.9 Å². The first-order valence-corrected chi connectivity index (χ1v) is 32.5. The minimum absolute atomic E-state index is 0.0365. The molecular weight excluding hydrogens is 1160 g/mol. The van der Waals surface area contributed by atoms with Crippen LogP contribution in [0.5, 0.6) is 5.75 Å². The van der Waals surface area contributed by atoms with E-state index in [1.54, 1.807) is 60.9 Å². The molecule has 0 spiro atoms. The number of fused-ring (bicyclic) bond motifs is 10. The fourth-order valence-electron chi connectivity index (χ4n) is 11.1. The van der Waals surface area contributed by atoms with Gasteiger partial charge in [0, 0.05) is 72.5 Å². The average Bonchev–Trinajstić information content (AvgIpc) is 1.96. The van der Waals surface area contributed by atoms with Gasteiger partial charge in [-0.2, -0.15) is 23.5 Å². The number of amides is 9. The number of nitrogens with one attached hydrogen (secondary N) is 9. The molecule has 1 aromatic heterocycles. The maximum atomic E-state index is 15.0. The normalized spacial score (nSPS) is 26.3. The van der Waals surface area contributed by atoms with Crippen molar-refractivity contribution < 1.29 is 57.4 Å². The molecule has 87 heavy (non-hydrogen) atoms. The smallest absolute Gasteiger partial charge is 0.246 e. The number of carbonyl (C=O) groups excluding carboxylic acids is 9. The van der Waals surface area contributed by atoms with E-state index in [2.05, 4.69) is 53.6 Å². The summed E-state index contributed by atoms with van der Waals surface area (Å²) in [4.78, 5) is 133. The first-order chi connectivity index (χ1) is 41.7. The van der Waals surface area contributed by atoms with Crippen LogP contribution in [0.25, 0.3) is 10.9 Å². The zero-order chi connectivity index (χ0) is 62.6. The minimum atomic E-state index is -1.66. The SMILES string of the molecule is COc1ccc(C[C@@H]2NC(=O)[C@H]([C@@H](C)O)NC(=O)[C@@H]3CCCCCCCCC[C@H](NC(=O)[C@@H](C)NC(=O)[C@H](C)NC(=O)CCSCc4cccc(c4)CSCCNC(=O)[C@]4(C)CCCN4C2=O)C(=O)N[C@@H](Cc2c[nH]c4ccc(F)cc24)C(=O)N3)cc1. The quantitative estimate of drug-likeness (QED) is 0.127. The number of ether oxygens (including phenoxy) is 1. The van der Waals surface area contributed by atoms with E-state index in [1.165, 1.54) is 51.0 Å². The molecule has 9 atom stereocenters. The summed E-state index contributed by atoms with van der Waals surface area (Å²) in [6.45, 7) is 6.50. The molecule has 7 rings (SSSR count). The van der Waals surface area contributed by atoms with Crippen LogP contribution in [0.4, 0.5) is 4.39 Å². The Morgan fingerprint density at radius 1 is 0.667 bits per heavy atom. The number of aliphatic hydroxyl groups excluding tert-OH is 1. The number of methoxy groups -OCH3 is 1. The van der Waals surface area contributed by atoms with Crippen molar-refractivity contribution in [3.05, 3.63) is 101 Å². The highest BCUT2D eigenvalue weighted by Crippen LogP contribution is 2.31. The monoisotopic (exact) mass is 1240 g/mol. The van der Waals surface area contributed by atoms with Crippen molar-refractivity contribution in [2.45, 2.75) is 183 Å². The van der Waals surface area contributed by atoms with Crippen LogP contribution in [0.2, 0.25) is 0 Å². The fraction of sp³-hybridized carbons (Fsp3) is 0.540. The number of aliphatic hydroxyl groups is 1. The predicted octanol–water partition coefficient (Wildman–Crippen LogP) is 4.51. The maximum absolute atomic E-state index is 15.0. The molecule has 0 saturated carbocycles. The lowest BCUT2D eigenvalue weighted by Gasteiger charge is -2.37. The Morgan fingerprint density at radius 3 is 1.94 bits per heavy atom. The molecule has 10 N–H and O–H groups in total. The molecule has 0 radical (unpaired) electrons. The number of carbonyl (C=O) groups is 9. The van der Waals surface area contributed by atoms with E-state index >= 15 is 0 Å². The highest BCUT2D eigenvalue weighted by atomic mass is 32.2. The van der Waals surface area contributed by atoms with E-state index < -0.39 is 101 Å². The van der Waals surface area contributed by atoms with Gasteiger partial charge >= 0.3 is 0 Å². The van der Waals surface area contributed by atoms with Crippen molar-refractivity contribution in [1.29, 1.82) is 0 Å². The standard InChI is InChI=1S/C63H85FN10O11S2/c1-38-55(77)68-39(2)56(78)69-49-17-11-9-7-6-8-10-12-18-50(70-59(81)51(71-57(49)79)33-44-35-66-48-24-21-45(64)34-47(44)48)58(80)73-54(40(3)75)60(82)72-52(32-41-19-22-46(85-5)23-20-41)61(83)74-28-14-26-63(74,4)62(84)65-27-30-87-37-43-16-13-15-42(31-43)36-86-29-25-53(76)67-38/h13,15-16,19-24,31,34-35,38-40,49-52,54,66,75H,6-12,14,17-18,25-30,32-33,36-37H2,1-5H3,(H,65,84)(H,67,76)(H,68,77)(H,69,78)(H,70,81)(H,71,79)(H,72,82)(H,73,80)/t38-,39+,40+,49-,50-,51-,52-,54-,63-/m0/s1. The molecule has 4 aromatic rings. The summed E-state index contributed by atoms with van der Waals surface area (Å²) in [5, 5.41) is 33.9. The first-order valence-electron chi connectivity index (χ1n) is 30.2. The molecule has 3 aliphatic rings. The van der Waals surface area contributed by atoms with Crippen molar-refractivity contribution >= 4 is 87.6 Å². The number of benzene rings is 3. The van der Waals surface area contributed by atoms with Crippen LogP contribution in [0.15, 0.2) is 72.9 Å². The third-order valence-electron chi connectivity index (χ3n) is 16.3. The second kappa shape index (κ2) is 32.7. The number of H-pyrrole nitrogens is 1. The van der Waals surface area contributed by atoms with Gasteiger partial charge in [0.05, 0.1) is 13.2 Å². The van der Waals surface area contributed by atoms with Gasteiger partial charge in [-0.05, 0) is 106 Å². The van der Waals surface area contributed by atoms with Gasteiger partial charge < -0.3 is 62.3 Å². The summed E-state index contributed by atoms with van der Waals surface area (Å²) < 4.78 is 20.1. The zero-order valence-electron chi connectivity index (χ0n) is 50.4. The van der Waals surface area contributed by atoms with E-state index in [0.717, 1.165) is 30.4 Å². The molecule has 3 aliphatic heterocycles. The topological polar surface area (TPSA) is 298 Å². The third-order valence-corrected chi connectivity index (χ3v) is 18.3. The molecule has 0 unspecified atom stereocenters. The van der Waals surface area contributed by atoms with Crippen LogP contribution >= 0.6 is 23.5 Å². The number of nitrogens with zero attached hydrogens (tertiary/aromatic N) is 1. The summed E-state index contributed by atoms with van der Waals surface area (Å²) in [6, 6.07) is 10.0. The molecule has 9 amide bonds. The lowest BCUT2D eigenvalue weighted by Crippen LogP contribution is -2.63. The van der Waals surface area contributed by atoms with Crippen LogP contribution in [0.3, 0.4) is 0 Å². The van der Waals surface area contributed by atoms with Crippen molar-refractivity contribution in [2.75, 3.05) is 31.7 Å². The lowest BCUT2D eigenvalue weighted by atomic mass is 9.95. The van der Waals surface area contributed by atoms with Crippen molar-refractivity contribution in [2.24, 2.45) is 0 Å². The van der Waals surface area contributed by atoms with Gasteiger partial charge in [-0.15, -0.1) is 0 Å². The average molecular weight is 1240 g/mol. The second-order valence-electron chi connectivity index (χ2n) is 23.1.